The smallest absolute Gasteiger partial charge is 0.0721 e. The van der Waals surface area contributed by atoms with E-state index in [1.165, 1.54) is 38.8 Å². The van der Waals surface area contributed by atoms with Gasteiger partial charge >= 0.3 is 0 Å². The maximum absolute atomic E-state index is 6.22. The summed E-state index contributed by atoms with van der Waals surface area (Å²) >= 11 is 12.4. The Morgan fingerprint density at radius 1 is 1.06 bits per heavy atom. The molecule has 2 aliphatic heterocycles. The van der Waals surface area contributed by atoms with Gasteiger partial charge in [-0.05, 0) is 37.9 Å². The normalized spacial score (nSPS) is 28.1. The number of nitrogens with one attached hydrogen (secondary N) is 1. The van der Waals surface area contributed by atoms with Crippen LogP contribution >= 0.6 is 23.2 Å². The molecule has 98 valence electrons. The number of hydrogen-bond acceptors (Lipinski definition) is 2. The van der Waals surface area contributed by atoms with Crippen LogP contribution in [0.1, 0.15) is 25.7 Å². The third-order valence-electron chi connectivity index (χ3n) is 4.15. The Morgan fingerprint density at radius 2 is 1.83 bits per heavy atom. The number of nitrogens with zero attached hydrogens (tertiary/aromatic N) is 1. The van der Waals surface area contributed by atoms with Crippen LogP contribution in [0.5, 0.6) is 0 Å². The SMILES string of the molecule is Clc1cccc(Cl)c1NC1CCN2CCCCC12. The molecule has 2 heterocycles. The van der Waals surface area contributed by atoms with E-state index in [0.29, 0.717) is 12.1 Å². The summed E-state index contributed by atoms with van der Waals surface area (Å²) in [7, 11) is 0. The summed E-state index contributed by atoms with van der Waals surface area (Å²) in [6.07, 6.45) is 5.16. The zero-order chi connectivity index (χ0) is 12.5. The molecule has 0 aliphatic carbocycles. The first-order valence-electron chi connectivity index (χ1n) is 6.70. The van der Waals surface area contributed by atoms with Crippen LogP contribution in [0.15, 0.2) is 18.2 Å². The summed E-state index contributed by atoms with van der Waals surface area (Å²) in [5.41, 5.74) is 0.901. The molecule has 0 amide bonds. The molecule has 1 aromatic rings. The second-order valence-corrected chi connectivity index (χ2v) is 6.05. The van der Waals surface area contributed by atoms with E-state index in [0.717, 1.165) is 15.7 Å². The molecule has 2 unspecified atom stereocenters. The Balaban J connectivity index is 1.76. The van der Waals surface area contributed by atoms with Crippen LogP contribution in [-0.2, 0) is 0 Å². The van der Waals surface area contributed by atoms with Crippen LogP contribution in [0.4, 0.5) is 5.69 Å². The van der Waals surface area contributed by atoms with Gasteiger partial charge in [0.15, 0.2) is 0 Å². The molecule has 0 spiro atoms. The average molecular weight is 285 g/mol. The predicted octanol–water partition coefficient (Wildman–Crippen LogP) is 4.03. The minimum absolute atomic E-state index is 0.489. The van der Waals surface area contributed by atoms with Gasteiger partial charge in [0, 0.05) is 18.6 Å². The number of para-hydroxylation sites is 1. The second kappa shape index (κ2) is 5.28. The van der Waals surface area contributed by atoms with Crippen molar-refractivity contribution in [2.24, 2.45) is 0 Å². The van der Waals surface area contributed by atoms with E-state index in [-0.39, 0.29) is 0 Å². The van der Waals surface area contributed by atoms with Gasteiger partial charge in [0.1, 0.15) is 0 Å². The number of fused-ring (bicyclic) bond motifs is 1. The summed E-state index contributed by atoms with van der Waals surface area (Å²) < 4.78 is 0. The first kappa shape index (κ1) is 12.6. The lowest BCUT2D eigenvalue weighted by Crippen LogP contribution is -2.41. The Morgan fingerprint density at radius 3 is 2.61 bits per heavy atom. The third-order valence-corrected chi connectivity index (χ3v) is 4.78. The predicted molar refractivity (Wildman–Crippen MR) is 77.7 cm³/mol. The molecule has 2 atom stereocenters. The van der Waals surface area contributed by atoms with E-state index in [1.54, 1.807) is 0 Å². The molecule has 0 bridgehead atoms. The van der Waals surface area contributed by atoms with E-state index < -0.39 is 0 Å². The monoisotopic (exact) mass is 284 g/mol. The molecule has 2 saturated heterocycles. The Kier molecular flexibility index (Phi) is 3.69. The number of rotatable bonds is 2. The lowest BCUT2D eigenvalue weighted by molar-refractivity contribution is 0.193. The average Bonchev–Trinajstić information content (AvgIpc) is 2.77. The van der Waals surface area contributed by atoms with Crippen LogP contribution in [0, 0.1) is 0 Å². The molecule has 1 N–H and O–H groups in total. The van der Waals surface area contributed by atoms with Gasteiger partial charge < -0.3 is 5.32 Å². The van der Waals surface area contributed by atoms with Gasteiger partial charge in [0.05, 0.1) is 15.7 Å². The maximum Gasteiger partial charge on any atom is 0.0721 e. The summed E-state index contributed by atoms with van der Waals surface area (Å²) in [4.78, 5) is 2.60. The van der Waals surface area contributed by atoms with Crippen molar-refractivity contribution in [1.29, 1.82) is 0 Å². The molecule has 2 fully saturated rings. The number of piperidine rings is 1. The van der Waals surface area contributed by atoms with Gasteiger partial charge in [0.25, 0.3) is 0 Å². The molecule has 2 nitrogen and oxygen atoms in total. The Bertz CT molecular complexity index is 416. The molecular weight excluding hydrogens is 267 g/mol. The van der Waals surface area contributed by atoms with Crippen LogP contribution in [-0.4, -0.2) is 30.1 Å². The summed E-state index contributed by atoms with van der Waals surface area (Å²) in [6, 6.07) is 6.82. The topological polar surface area (TPSA) is 15.3 Å². The summed E-state index contributed by atoms with van der Waals surface area (Å²) in [5.74, 6) is 0. The van der Waals surface area contributed by atoms with Gasteiger partial charge in [-0.25, -0.2) is 0 Å². The van der Waals surface area contributed by atoms with E-state index >= 15 is 0 Å². The standard InChI is InChI=1S/C14H18Cl2N2/c15-10-4-3-5-11(16)14(10)17-12-7-9-18-8-2-1-6-13(12)18/h3-5,12-13,17H,1-2,6-9H2. The van der Waals surface area contributed by atoms with E-state index in [9.17, 15) is 0 Å². The van der Waals surface area contributed by atoms with Gasteiger partial charge in [-0.2, -0.15) is 0 Å². The molecule has 3 rings (SSSR count). The summed E-state index contributed by atoms with van der Waals surface area (Å²) in [6.45, 7) is 2.45. The van der Waals surface area contributed by atoms with Crippen molar-refractivity contribution < 1.29 is 0 Å². The second-order valence-electron chi connectivity index (χ2n) is 5.24. The molecule has 0 aromatic heterocycles. The van der Waals surface area contributed by atoms with Crippen molar-refractivity contribution in [3.63, 3.8) is 0 Å². The van der Waals surface area contributed by atoms with E-state index in [1.807, 2.05) is 18.2 Å². The van der Waals surface area contributed by atoms with Crippen molar-refractivity contribution >= 4 is 28.9 Å². The highest BCUT2D eigenvalue weighted by molar-refractivity contribution is 6.39. The largest absolute Gasteiger partial charge is 0.378 e. The first-order valence-corrected chi connectivity index (χ1v) is 7.46. The fourth-order valence-corrected chi connectivity index (χ4v) is 3.74. The molecular formula is C14H18Cl2N2. The highest BCUT2D eigenvalue weighted by atomic mass is 35.5. The van der Waals surface area contributed by atoms with Crippen molar-refractivity contribution in [2.45, 2.75) is 37.8 Å². The van der Waals surface area contributed by atoms with Crippen LogP contribution in [0.3, 0.4) is 0 Å². The fraction of sp³-hybridized carbons (Fsp3) is 0.571. The lowest BCUT2D eigenvalue weighted by Gasteiger charge is -2.33. The Hall–Kier alpha value is -0.440. The number of benzene rings is 1. The van der Waals surface area contributed by atoms with E-state index in [2.05, 4.69) is 10.2 Å². The highest BCUT2D eigenvalue weighted by Gasteiger charge is 2.35. The molecule has 1 aromatic carbocycles. The molecule has 0 radical (unpaired) electrons. The van der Waals surface area contributed by atoms with Crippen LogP contribution in [0.25, 0.3) is 0 Å². The van der Waals surface area contributed by atoms with Crippen molar-refractivity contribution in [3.05, 3.63) is 28.2 Å². The number of halogens is 2. The minimum Gasteiger partial charge on any atom is -0.378 e. The lowest BCUT2D eigenvalue weighted by atomic mass is 9.99. The van der Waals surface area contributed by atoms with Crippen LogP contribution in [0.2, 0.25) is 10.0 Å². The van der Waals surface area contributed by atoms with Crippen molar-refractivity contribution in [1.82, 2.24) is 4.90 Å². The Labute approximate surface area is 118 Å². The maximum atomic E-state index is 6.22. The number of hydrogen-bond donors (Lipinski definition) is 1. The van der Waals surface area contributed by atoms with Crippen molar-refractivity contribution in [3.8, 4) is 0 Å². The molecule has 0 saturated carbocycles. The fourth-order valence-electron chi connectivity index (χ4n) is 3.24. The zero-order valence-electron chi connectivity index (χ0n) is 10.3. The quantitative estimate of drug-likeness (QED) is 0.882. The van der Waals surface area contributed by atoms with Gasteiger partial charge in [-0.3, -0.25) is 4.90 Å². The molecule has 4 heteroatoms. The molecule has 2 aliphatic rings. The highest BCUT2D eigenvalue weighted by Crippen LogP contribution is 2.34. The van der Waals surface area contributed by atoms with Gasteiger partial charge in [-0.1, -0.05) is 35.7 Å². The van der Waals surface area contributed by atoms with Gasteiger partial charge in [0.2, 0.25) is 0 Å². The first-order chi connectivity index (χ1) is 8.75. The summed E-state index contributed by atoms with van der Waals surface area (Å²) in [5, 5.41) is 5.01. The third kappa shape index (κ3) is 2.34. The number of anilines is 1. The minimum atomic E-state index is 0.489. The zero-order valence-corrected chi connectivity index (χ0v) is 11.8. The van der Waals surface area contributed by atoms with Crippen LogP contribution < -0.4 is 5.32 Å². The van der Waals surface area contributed by atoms with E-state index in [4.69, 9.17) is 23.2 Å². The van der Waals surface area contributed by atoms with Crippen molar-refractivity contribution in [2.75, 3.05) is 18.4 Å². The molecule has 18 heavy (non-hydrogen) atoms. The van der Waals surface area contributed by atoms with Gasteiger partial charge in [-0.15, -0.1) is 0 Å².